The van der Waals surface area contributed by atoms with E-state index in [2.05, 4.69) is 15.0 Å². The summed E-state index contributed by atoms with van der Waals surface area (Å²) in [6.45, 7) is 0.313. The lowest BCUT2D eigenvalue weighted by atomic mass is 10.2. The lowest BCUT2D eigenvalue weighted by Crippen LogP contribution is -2.42. The fraction of sp³-hybridized carbons (Fsp3) is 0.417. The van der Waals surface area contributed by atoms with Gasteiger partial charge in [0.05, 0.1) is 0 Å². The van der Waals surface area contributed by atoms with Crippen LogP contribution in [0.4, 0.5) is 24.9 Å². The van der Waals surface area contributed by atoms with E-state index < -0.39 is 12.2 Å². The van der Waals surface area contributed by atoms with Crippen molar-refractivity contribution in [2.75, 3.05) is 17.2 Å². The zero-order valence-electron chi connectivity index (χ0n) is 10.8. The average Bonchev–Trinajstić information content (AvgIpc) is 3.07. The molecule has 5 nitrogen and oxygen atoms in total. The number of aromatic nitrogens is 3. The zero-order valence-corrected chi connectivity index (χ0v) is 11.7. The molecule has 0 radical (unpaired) electrons. The van der Waals surface area contributed by atoms with E-state index in [4.69, 9.17) is 5.73 Å². The number of thiazole rings is 1. The molecule has 1 saturated heterocycles. The molecule has 21 heavy (non-hydrogen) atoms. The number of alkyl halides is 3. The largest absolute Gasteiger partial charge is 0.408 e. The highest BCUT2D eigenvalue weighted by molar-refractivity contribution is 7.13. The quantitative estimate of drug-likeness (QED) is 0.923. The number of nitrogens with two attached hydrogens (primary N) is 1. The third-order valence-electron chi connectivity index (χ3n) is 3.29. The van der Waals surface area contributed by atoms with E-state index >= 15 is 0 Å². The summed E-state index contributed by atoms with van der Waals surface area (Å²) in [5, 5.41) is 2.33. The van der Waals surface area contributed by atoms with Gasteiger partial charge < -0.3 is 10.6 Å². The summed E-state index contributed by atoms with van der Waals surface area (Å²) in [5.41, 5.74) is 6.18. The number of rotatable bonds is 2. The molecule has 0 aliphatic carbocycles. The molecule has 1 unspecified atom stereocenters. The van der Waals surface area contributed by atoms with Crippen molar-refractivity contribution < 1.29 is 13.2 Å². The van der Waals surface area contributed by atoms with Gasteiger partial charge >= 0.3 is 6.18 Å². The van der Waals surface area contributed by atoms with E-state index in [1.54, 1.807) is 5.38 Å². The Bertz CT molecular complexity index is 625. The zero-order chi connectivity index (χ0) is 15.0. The van der Waals surface area contributed by atoms with Gasteiger partial charge in [-0.15, -0.1) is 11.3 Å². The van der Waals surface area contributed by atoms with Gasteiger partial charge in [-0.3, -0.25) is 0 Å². The molecule has 1 aliphatic rings. The van der Waals surface area contributed by atoms with Crippen molar-refractivity contribution in [2.24, 2.45) is 0 Å². The summed E-state index contributed by atoms with van der Waals surface area (Å²) in [6, 6.07) is -1.50. The Morgan fingerprint density at radius 2 is 2.00 bits per heavy atom. The standard InChI is InChI=1S/C12H12F3N5S/c13-12(14,15)8-2-1-3-20(8)11-17-4-7(5-18-11)10-19-9(16)6-21-10/h4-6,8H,1-3,16H2. The predicted molar refractivity (Wildman–Crippen MR) is 74.0 cm³/mol. The molecule has 2 N–H and O–H groups in total. The minimum Gasteiger partial charge on any atom is -0.383 e. The average molecular weight is 315 g/mol. The number of nitrogen functional groups attached to an aromatic ring is 1. The second kappa shape index (κ2) is 5.14. The molecule has 2 aromatic heterocycles. The topological polar surface area (TPSA) is 67.9 Å². The van der Waals surface area contributed by atoms with Crippen LogP contribution in [0.3, 0.4) is 0 Å². The van der Waals surface area contributed by atoms with Gasteiger partial charge in [-0.1, -0.05) is 0 Å². The van der Waals surface area contributed by atoms with Gasteiger partial charge in [-0.05, 0) is 12.8 Å². The summed E-state index contributed by atoms with van der Waals surface area (Å²) in [6.07, 6.45) is -0.739. The van der Waals surface area contributed by atoms with Crippen LogP contribution in [-0.4, -0.2) is 33.7 Å². The van der Waals surface area contributed by atoms with Crippen molar-refractivity contribution >= 4 is 23.1 Å². The molecule has 3 rings (SSSR count). The summed E-state index contributed by atoms with van der Waals surface area (Å²) < 4.78 is 38.8. The maximum atomic E-state index is 12.9. The molecular weight excluding hydrogens is 303 g/mol. The van der Waals surface area contributed by atoms with Crippen molar-refractivity contribution in [2.45, 2.75) is 25.1 Å². The first kappa shape index (κ1) is 14.1. The van der Waals surface area contributed by atoms with Crippen molar-refractivity contribution in [3.63, 3.8) is 0 Å². The summed E-state index contributed by atoms with van der Waals surface area (Å²) in [5.74, 6) is 0.499. The first-order valence-electron chi connectivity index (χ1n) is 6.32. The molecule has 1 atom stereocenters. The van der Waals surface area contributed by atoms with Crippen LogP contribution in [-0.2, 0) is 0 Å². The molecule has 0 amide bonds. The van der Waals surface area contributed by atoms with Crippen LogP contribution in [0.1, 0.15) is 12.8 Å². The minimum absolute atomic E-state index is 0.0810. The maximum absolute atomic E-state index is 12.9. The number of nitrogens with zero attached hydrogens (tertiary/aromatic N) is 4. The van der Waals surface area contributed by atoms with Crippen molar-refractivity contribution in [1.29, 1.82) is 0 Å². The third-order valence-corrected chi connectivity index (χ3v) is 4.20. The number of anilines is 2. The third kappa shape index (κ3) is 2.78. The van der Waals surface area contributed by atoms with Crippen molar-refractivity contribution in [3.8, 4) is 10.6 Å². The lowest BCUT2D eigenvalue weighted by Gasteiger charge is -2.26. The molecule has 2 aromatic rings. The Labute approximate surface area is 122 Å². The van der Waals surface area contributed by atoms with Gasteiger partial charge in [0.1, 0.15) is 16.9 Å². The van der Waals surface area contributed by atoms with Crippen LogP contribution in [0, 0.1) is 0 Å². The Hall–Kier alpha value is -1.90. The van der Waals surface area contributed by atoms with Crippen LogP contribution in [0.2, 0.25) is 0 Å². The first-order chi connectivity index (χ1) is 9.95. The highest BCUT2D eigenvalue weighted by Crippen LogP contribution is 2.34. The summed E-state index contributed by atoms with van der Waals surface area (Å²) >= 11 is 1.34. The van der Waals surface area contributed by atoms with E-state index in [0.717, 1.165) is 0 Å². The fourth-order valence-corrected chi connectivity index (χ4v) is 3.03. The number of hydrogen-bond acceptors (Lipinski definition) is 6. The fourth-order valence-electron chi connectivity index (χ4n) is 2.35. The van der Waals surface area contributed by atoms with E-state index in [1.165, 1.54) is 28.6 Å². The Morgan fingerprint density at radius 3 is 2.57 bits per heavy atom. The monoisotopic (exact) mass is 315 g/mol. The SMILES string of the molecule is Nc1csc(-c2cnc(N3CCCC3C(F)(F)F)nc2)n1. The smallest absolute Gasteiger partial charge is 0.383 e. The molecule has 1 aliphatic heterocycles. The second-order valence-corrected chi connectivity index (χ2v) is 5.60. The van der Waals surface area contributed by atoms with Gasteiger partial charge in [-0.25, -0.2) is 15.0 Å². The highest BCUT2D eigenvalue weighted by atomic mass is 32.1. The molecule has 0 aromatic carbocycles. The molecule has 1 fully saturated rings. The maximum Gasteiger partial charge on any atom is 0.408 e. The Kier molecular flexibility index (Phi) is 3.44. The molecule has 0 spiro atoms. The van der Waals surface area contributed by atoms with Gasteiger partial charge in [0, 0.05) is 29.9 Å². The second-order valence-electron chi connectivity index (χ2n) is 4.74. The van der Waals surface area contributed by atoms with E-state index in [1.807, 2.05) is 0 Å². The van der Waals surface area contributed by atoms with Crippen molar-refractivity contribution in [1.82, 2.24) is 15.0 Å². The van der Waals surface area contributed by atoms with Crippen molar-refractivity contribution in [3.05, 3.63) is 17.8 Å². The Balaban J connectivity index is 1.84. The normalized spacial score (nSPS) is 19.2. The van der Waals surface area contributed by atoms with Gasteiger partial charge in [0.15, 0.2) is 0 Å². The molecule has 0 bridgehead atoms. The molecule has 112 valence electrons. The number of hydrogen-bond donors (Lipinski definition) is 1. The van der Waals surface area contributed by atoms with E-state index in [0.29, 0.717) is 29.4 Å². The van der Waals surface area contributed by atoms with Crippen LogP contribution < -0.4 is 10.6 Å². The van der Waals surface area contributed by atoms with Crippen LogP contribution in [0.25, 0.3) is 10.6 Å². The van der Waals surface area contributed by atoms with Crippen LogP contribution in [0.5, 0.6) is 0 Å². The lowest BCUT2D eigenvalue weighted by molar-refractivity contribution is -0.146. The van der Waals surface area contributed by atoms with E-state index in [9.17, 15) is 13.2 Å². The van der Waals surface area contributed by atoms with Crippen LogP contribution in [0.15, 0.2) is 17.8 Å². The molecule has 0 saturated carbocycles. The van der Waals surface area contributed by atoms with Gasteiger partial charge in [0.2, 0.25) is 5.95 Å². The van der Waals surface area contributed by atoms with Gasteiger partial charge in [-0.2, -0.15) is 13.2 Å². The van der Waals surface area contributed by atoms with Gasteiger partial charge in [0.25, 0.3) is 0 Å². The molecular formula is C12H12F3N5S. The molecule has 3 heterocycles. The predicted octanol–water partition coefficient (Wildman–Crippen LogP) is 2.71. The summed E-state index contributed by atoms with van der Waals surface area (Å²) in [7, 11) is 0. The molecule has 9 heteroatoms. The summed E-state index contributed by atoms with van der Waals surface area (Å²) in [4.78, 5) is 13.4. The highest BCUT2D eigenvalue weighted by Gasteiger charge is 2.46. The van der Waals surface area contributed by atoms with Crippen LogP contribution >= 0.6 is 11.3 Å². The minimum atomic E-state index is -4.26. The number of halogens is 3. The first-order valence-corrected chi connectivity index (χ1v) is 7.20. The Morgan fingerprint density at radius 1 is 1.29 bits per heavy atom. The van der Waals surface area contributed by atoms with E-state index in [-0.39, 0.29) is 12.4 Å².